The van der Waals surface area contributed by atoms with Gasteiger partial charge in [0.05, 0.1) is 36.7 Å². The molecule has 0 aliphatic carbocycles. The normalized spacial score (nSPS) is 11.1. The molecule has 36 heavy (non-hydrogen) atoms. The lowest BCUT2D eigenvalue weighted by atomic mass is 10.1. The van der Waals surface area contributed by atoms with Crippen molar-refractivity contribution in [1.29, 1.82) is 0 Å². The van der Waals surface area contributed by atoms with E-state index in [1.807, 2.05) is 24.3 Å². The van der Waals surface area contributed by atoms with Crippen molar-refractivity contribution in [3.8, 4) is 5.69 Å². The lowest BCUT2D eigenvalue weighted by Gasteiger charge is -2.25. The summed E-state index contributed by atoms with van der Waals surface area (Å²) in [6.07, 6.45) is 4.98. The summed E-state index contributed by atoms with van der Waals surface area (Å²) in [5.74, 6) is 0.569. The minimum Gasteiger partial charge on any atom is -0.383 e. The van der Waals surface area contributed by atoms with Gasteiger partial charge < -0.3 is 14.4 Å². The third kappa shape index (κ3) is 6.50. The van der Waals surface area contributed by atoms with Gasteiger partial charge in [-0.25, -0.2) is 14.6 Å². The summed E-state index contributed by atoms with van der Waals surface area (Å²) >= 11 is 6.14. The lowest BCUT2D eigenvalue weighted by Crippen LogP contribution is -2.30. The first kappa shape index (κ1) is 27.3. The number of nitrogens with one attached hydrogen (secondary N) is 1. The second-order valence-electron chi connectivity index (χ2n) is 7.88. The second-order valence-corrected chi connectivity index (χ2v) is 8.32. The quantitative estimate of drug-likeness (QED) is 0.221. The van der Waals surface area contributed by atoms with Crippen molar-refractivity contribution in [3.63, 3.8) is 0 Å². The van der Waals surface area contributed by atoms with Crippen LogP contribution in [0.1, 0.15) is 11.1 Å². The zero-order valence-electron chi connectivity index (χ0n) is 20.4. The summed E-state index contributed by atoms with van der Waals surface area (Å²) in [5, 5.41) is 10.3. The van der Waals surface area contributed by atoms with Gasteiger partial charge in [0.25, 0.3) is 0 Å². The van der Waals surface area contributed by atoms with Crippen LogP contribution < -0.4 is 10.3 Å². The zero-order valence-corrected chi connectivity index (χ0v) is 22.0. The Hall–Kier alpha value is -3.24. The Morgan fingerprint density at radius 2 is 1.86 bits per heavy atom. The lowest BCUT2D eigenvalue weighted by molar-refractivity contribution is 0.190. The molecule has 0 atom stereocenters. The molecular formula is C25H29Cl2N7O2. The predicted molar refractivity (Wildman–Crippen MR) is 147 cm³/mol. The van der Waals surface area contributed by atoms with Gasteiger partial charge >= 0.3 is 0 Å². The van der Waals surface area contributed by atoms with Crippen LogP contribution in [0.4, 0.5) is 11.5 Å². The summed E-state index contributed by atoms with van der Waals surface area (Å²) in [6, 6.07) is 13.7. The number of halogens is 2. The highest BCUT2D eigenvalue weighted by Gasteiger charge is 2.11. The Bertz CT molecular complexity index is 1300. The van der Waals surface area contributed by atoms with Crippen LogP contribution in [0.15, 0.2) is 60.1 Å². The van der Waals surface area contributed by atoms with Gasteiger partial charge in [-0.1, -0.05) is 23.7 Å². The largest absolute Gasteiger partial charge is 0.383 e. The Balaban J connectivity index is 0.00000361. The maximum atomic E-state index is 6.14. The van der Waals surface area contributed by atoms with Crippen LogP contribution >= 0.6 is 24.0 Å². The molecule has 4 rings (SSSR count). The number of hydrogen-bond acceptors (Lipinski definition) is 8. The monoisotopic (exact) mass is 529 g/mol. The number of ether oxygens (including phenoxy) is 2. The number of nitrogens with zero attached hydrogens (tertiary/aromatic N) is 6. The number of aryl methyl sites for hydroxylation is 1. The van der Waals surface area contributed by atoms with Gasteiger partial charge in [-0.3, -0.25) is 5.43 Å². The SMILES string of the molecule is COCCN(CCOC)c1ccc(C=NNc2ncnc3c2cnn3-c2cccc(Cl)c2)c(C)c1.Cl. The van der Waals surface area contributed by atoms with E-state index in [0.29, 0.717) is 29.7 Å². The summed E-state index contributed by atoms with van der Waals surface area (Å²) in [4.78, 5) is 11.0. The van der Waals surface area contributed by atoms with Gasteiger partial charge in [0, 0.05) is 38.0 Å². The third-order valence-electron chi connectivity index (χ3n) is 5.54. The fourth-order valence-corrected chi connectivity index (χ4v) is 3.85. The molecule has 2 heterocycles. The van der Waals surface area contributed by atoms with Crippen LogP contribution in [0.3, 0.4) is 0 Å². The highest BCUT2D eigenvalue weighted by atomic mass is 35.5. The summed E-state index contributed by atoms with van der Waals surface area (Å²) in [6.45, 7) is 4.95. The van der Waals surface area contributed by atoms with Gasteiger partial charge in [-0.05, 0) is 48.4 Å². The van der Waals surface area contributed by atoms with Gasteiger partial charge in [0.1, 0.15) is 6.33 Å². The summed E-state index contributed by atoms with van der Waals surface area (Å²) in [5.41, 5.74) is 7.73. The van der Waals surface area contributed by atoms with E-state index in [-0.39, 0.29) is 12.4 Å². The molecule has 0 unspecified atom stereocenters. The molecule has 0 aliphatic heterocycles. The smallest absolute Gasteiger partial charge is 0.168 e. The number of hydrogen-bond donors (Lipinski definition) is 1. The molecule has 190 valence electrons. The molecule has 0 saturated carbocycles. The Labute approximate surface area is 221 Å². The Morgan fingerprint density at radius 3 is 2.56 bits per heavy atom. The van der Waals surface area contributed by atoms with E-state index in [0.717, 1.165) is 41.0 Å². The fourth-order valence-electron chi connectivity index (χ4n) is 3.67. The molecule has 9 nitrogen and oxygen atoms in total. The van der Waals surface area contributed by atoms with E-state index >= 15 is 0 Å². The number of fused-ring (bicyclic) bond motifs is 1. The van der Waals surface area contributed by atoms with Gasteiger partial charge in [0.15, 0.2) is 11.5 Å². The van der Waals surface area contributed by atoms with E-state index in [9.17, 15) is 0 Å². The van der Waals surface area contributed by atoms with Crippen molar-refractivity contribution in [2.24, 2.45) is 5.10 Å². The Morgan fingerprint density at radius 1 is 1.08 bits per heavy atom. The maximum Gasteiger partial charge on any atom is 0.168 e. The van der Waals surface area contributed by atoms with Gasteiger partial charge in [-0.15, -0.1) is 12.4 Å². The van der Waals surface area contributed by atoms with Crippen LogP contribution in [-0.2, 0) is 9.47 Å². The van der Waals surface area contributed by atoms with Crippen LogP contribution in [0.5, 0.6) is 0 Å². The minimum absolute atomic E-state index is 0. The highest BCUT2D eigenvalue weighted by Crippen LogP contribution is 2.23. The topological polar surface area (TPSA) is 89.7 Å². The van der Waals surface area contributed by atoms with Crippen LogP contribution in [0, 0.1) is 6.92 Å². The van der Waals surface area contributed by atoms with Crippen molar-refractivity contribution in [1.82, 2.24) is 19.7 Å². The van der Waals surface area contributed by atoms with Crippen LogP contribution in [0.2, 0.25) is 5.02 Å². The number of methoxy groups -OCH3 is 2. The first-order valence-corrected chi connectivity index (χ1v) is 11.6. The molecule has 0 bridgehead atoms. The van der Waals surface area contributed by atoms with E-state index in [4.69, 9.17) is 21.1 Å². The summed E-state index contributed by atoms with van der Waals surface area (Å²) < 4.78 is 12.2. The third-order valence-corrected chi connectivity index (χ3v) is 5.78. The first-order valence-electron chi connectivity index (χ1n) is 11.2. The highest BCUT2D eigenvalue weighted by molar-refractivity contribution is 6.30. The fraction of sp³-hybridized carbons (Fsp3) is 0.280. The number of aromatic nitrogens is 4. The molecule has 2 aromatic heterocycles. The number of benzene rings is 2. The molecule has 0 spiro atoms. The van der Waals surface area contributed by atoms with Crippen LogP contribution in [-0.4, -0.2) is 66.5 Å². The van der Waals surface area contributed by atoms with Crippen molar-refractivity contribution in [2.45, 2.75) is 6.92 Å². The van der Waals surface area contributed by atoms with Crippen LogP contribution in [0.25, 0.3) is 16.7 Å². The maximum absolute atomic E-state index is 6.14. The molecule has 4 aromatic rings. The minimum atomic E-state index is 0. The van der Waals surface area contributed by atoms with Crippen molar-refractivity contribution in [3.05, 3.63) is 71.1 Å². The molecule has 0 radical (unpaired) electrons. The molecule has 0 saturated heterocycles. The van der Waals surface area contributed by atoms with Crippen molar-refractivity contribution >= 4 is 52.8 Å². The molecule has 0 aliphatic rings. The van der Waals surface area contributed by atoms with E-state index in [1.165, 1.54) is 6.33 Å². The molecule has 2 aromatic carbocycles. The first-order chi connectivity index (χ1) is 17.1. The standard InChI is InChI=1S/C25H28ClN7O2.ClH/c1-18-13-21(32(9-11-34-2)10-12-35-3)8-7-19(18)15-29-31-24-23-16-30-33(25(23)28-17-27-24)22-6-4-5-20(26)14-22;/h4-8,13-17H,9-12H2,1-3H3,(H,27,28,31);1H. The molecule has 1 N–H and O–H groups in total. The van der Waals surface area contributed by atoms with Gasteiger partial charge in [-0.2, -0.15) is 10.2 Å². The van der Waals surface area contributed by atoms with Crippen molar-refractivity contribution in [2.75, 3.05) is 50.8 Å². The van der Waals surface area contributed by atoms with Crippen molar-refractivity contribution < 1.29 is 9.47 Å². The average molecular weight is 530 g/mol. The summed E-state index contributed by atoms with van der Waals surface area (Å²) in [7, 11) is 3.42. The van der Waals surface area contributed by atoms with Gasteiger partial charge in [0.2, 0.25) is 0 Å². The average Bonchev–Trinajstić information content (AvgIpc) is 3.30. The number of rotatable bonds is 11. The van der Waals surface area contributed by atoms with E-state index in [1.54, 1.807) is 31.3 Å². The van der Waals surface area contributed by atoms with E-state index in [2.05, 4.69) is 55.6 Å². The number of anilines is 2. The molecular weight excluding hydrogens is 501 g/mol. The predicted octanol–water partition coefficient (Wildman–Crippen LogP) is 4.74. The molecule has 0 fully saturated rings. The number of hydrazone groups is 1. The molecule has 0 amide bonds. The van der Waals surface area contributed by atoms with E-state index < -0.39 is 0 Å². The second kappa shape index (κ2) is 13.2. The molecule has 11 heteroatoms. The Kier molecular flexibility index (Phi) is 10.0. The zero-order chi connectivity index (χ0) is 24.6.